The molecule has 0 N–H and O–H groups in total. The normalized spacial score (nSPS) is 26.5. The van der Waals surface area contributed by atoms with Crippen LogP contribution in [-0.4, -0.2) is 65.1 Å². The summed E-state index contributed by atoms with van der Waals surface area (Å²) < 4.78 is 21.1. The van der Waals surface area contributed by atoms with Crippen LogP contribution in [-0.2, 0) is 28.6 Å². The quantitative estimate of drug-likeness (QED) is 0.511. The zero-order chi connectivity index (χ0) is 21.7. The van der Waals surface area contributed by atoms with Crippen LogP contribution in [0, 0.1) is 5.92 Å². The van der Waals surface area contributed by atoms with Gasteiger partial charge in [-0.25, -0.2) is 9.59 Å². The molecule has 0 aromatic carbocycles. The maximum absolute atomic E-state index is 12.8. The molecule has 3 heterocycles. The van der Waals surface area contributed by atoms with Gasteiger partial charge < -0.3 is 23.8 Å². The van der Waals surface area contributed by atoms with Crippen molar-refractivity contribution in [3.05, 3.63) is 11.6 Å². The molecule has 0 aromatic rings. The molecule has 2 saturated heterocycles. The number of methoxy groups -OCH3 is 1. The highest BCUT2D eigenvalue weighted by atomic mass is 16.8. The Bertz CT molecular complexity index is 748. The van der Waals surface area contributed by atoms with Crippen molar-refractivity contribution < 1.29 is 38.2 Å². The second kappa shape index (κ2) is 7.08. The smallest absolute Gasteiger partial charge is 0.495 e. The summed E-state index contributed by atoms with van der Waals surface area (Å²) in [6.45, 7) is 10.6. The third-order valence-electron chi connectivity index (χ3n) is 4.63. The molecule has 3 rings (SSSR count). The fourth-order valence-corrected chi connectivity index (χ4v) is 3.72. The van der Waals surface area contributed by atoms with Crippen LogP contribution >= 0.6 is 0 Å². The van der Waals surface area contributed by atoms with Crippen LogP contribution in [0.25, 0.3) is 0 Å². The third kappa shape index (κ3) is 4.12. The van der Waals surface area contributed by atoms with E-state index in [9.17, 15) is 14.4 Å². The van der Waals surface area contributed by atoms with E-state index in [0.717, 1.165) is 0 Å². The van der Waals surface area contributed by atoms with Crippen LogP contribution in [0.5, 0.6) is 0 Å². The maximum atomic E-state index is 12.8. The standard InChI is InChI=1S/C19H28N2O8/c1-18(2,3)27-16(23)26-15-13(25-7)10-8-9-20(12-11(10)21(15)14(12)22)29-17(24)28-19(4,5)6/h10-12H,8-9H2,1-7H3/t10?,11-,12+/m1/s1. The Kier molecular flexibility index (Phi) is 5.18. The number of amides is 1. The van der Waals surface area contributed by atoms with Crippen molar-refractivity contribution in [1.82, 2.24) is 9.96 Å². The lowest BCUT2D eigenvalue weighted by molar-refractivity contribution is -0.224. The van der Waals surface area contributed by atoms with Gasteiger partial charge in [-0.3, -0.25) is 9.69 Å². The van der Waals surface area contributed by atoms with Crippen LogP contribution in [0.1, 0.15) is 48.0 Å². The van der Waals surface area contributed by atoms with Gasteiger partial charge >= 0.3 is 12.3 Å². The highest BCUT2D eigenvalue weighted by Gasteiger charge is 2.65. The summed E-state index contributed by atoms with van der Waals surface area (Å²) in [5.74, 6) is -0.0711. The number of piperidine rings is 1. The number of rotatable bonds is 3. The summed E-state index contributed by atoms with van der Waals surface area (Å²) in [7, 11) is 1.46. The SMILES string of the molecule is COC1=C(OC(=O)OC(C)(C)C)N2C(=O)[C@@H]3[C@H]2C1CCN3OC(=O)OC(C)(C)C. The molecule has 0 aromatic heterocycles. The first-order valence-electron chi connectivity index (χ1n) is 9.52. The molecule has 29 heavy (non-hydrogen) atoms. The number of ether oxygens (including phenoxy) is 4. The number of nitrogens with zero attached hydrogens (tertiary/aromatic N) is 2. The molecule has 0 bridgehead atoms. The summed E-state index contributed by atoms with van der Waals surface area (Å²) in [6.07, 6.45) is -1.25. The minimum atomic E-state index is -0.918. The Morgan fingerprint density at radius 1 is 1.00 bits per heavy atom. The molecule has 10 nitrogen and oxygen atoms in total. The fourth-order valence-electron chi connectivity index (χ4n) is 3.72. The first-order valence-corrected chi connectivity index (χ1v) is 9.52. The minimum Gasteiger partial charge on any atom is -0.495 e. The van der Waals surface area contributed by atoms with E-state index in [-0.39, 0.29) is 23.8 Å². The monoisotopic (exact) mass is 412 g/mol. The lowest BCUT2D eigenvalue weighted by atomic mass is 9.81. The van der Waals surface area contributed by atoms with Gasteiger partial charge in [-0.15, -0.1) is 5.06 Å². The Morgan fingerprint density at radius 3 is 2.14 bits per heavy atom. The number of hydroxylamine groups is 2. The second-order valence-electron chi connectivity index (χ2n) is 9.18. The second-order valence-corrected chi connectivity index (χ2v) is 9.18. The van der Waals surface area contributed by atoms with Gasteiger partial charge in [-0.2, -0.15) is 0 Å². The van der Waals surface area contributed by atoms with Crippen molar-refractivity contribution in [1.29, 1.82) is 0 Å². The average molecular weight is 412 g/mol. The molecule has 0 aliphatic carbocycles. The molecule has 0 radical (unpaired) electrons. The first-order chi connectivity index (χ1) is 13.3. The van der Waals surface area contributed by atoms with Gasteiger partial charge in [0.05, 0.1) is 13.2 Å². The van der Waals surface area contributed by atoms with Crippen molar-refractivity contribution in [2.75, 3.05) is 13.7 Å². The van der Waals surface area contributed by atoms with Gasteiger partial charge in [-0.05, 0) is 48.0 Å². The van der Waals surface area contributed by atoms with Crippen LogP contribution in [0.2, 0.25) is 0 Å². The van der Waals surface area contributed by atoms with E-state index in [1.807, 2.05) is 0 Å². The van der Waals surface area contributed by atoms with E-state index >= 15 is 0 Å². The Balaban J connectivity index is 1.73. The van der Waals surface area contributed by atoms with E-state index in [0.29, 0.717) is 18.7 Å². The number of hydrogen-bond acceptors (Lipinski definition) is 9. The molecule has 3 aliphatic heterocycles. The largest absolute Gasteiger partial charge is 0.528 e. The predicted octanol–water partition coefficient (Wildman–Crippen LogP) is 2.54. The third-order valence-corrected chi connectivity index (χ3v) is 4.63. The molecule has 3 aliphatic rings. The molecule has 1 unspecified atom stereocenters. The van der Waals surface area contributed by atoms with Crippen LogP contribution in [0.3, 0.4) is 0 Å². The lowest BCUT2D eigenvalue weighted by Crippen LogP contribution is -2.72. The van der Waals surface area contributed by atoms with Crippen molar-refractivity contribution in [3.8, 4) is 0 Å². The van der Waals surface area contributed by atoms with E-state index in [2.05, 4.69) is 0 Å². The van der Waals surface area contributed by atoms with Crippen LogP contribution in [0.15, 0.2) is 11.6 Å². The first kappa shape index (κ1) is 21.2. The van der Waals surface area contributed by atoms with E-state index in [4.69, 9.17) is 23.8 Å². The molecule has 0 spiro atoms. The summed E-state index contributed by atoms with van der Waals surface area (Å²) in [4.78, 5) is 43.6. The lowest BCUT2D eigenvalue weighted by Gasteiger charge is -2.51. The number of β-lactam (4-membered cyclic amide) rings is 1. The van der Waals surface area contributed by atoms with Crippen molar-refractivity contribution >= 4 is 18.2 Å². The van der Waals surface area contributed by atoms with Gasteiger partial charge in [0.1, 0.15) is 17.2 Å². The molecular weight excluding hydrogens is 384 g/mol. The highest BCUT2D eigenvalue weighted by molar-refractivity contribution is 5.92. The average Bonchev–Trinajstić information content (AvgIpc) is 2.80. The maximum Gasteiger partial charge on any atom is 0.528 e. The van der Waals surface area contributed by atoms with Gasteiger partial charge in [0, 0.05) is 12.5 Å². The van der Waals surface area contributed by atoms with E-state index in [1.165, 1.54) is 17.1 Å². The Morgan fingerprint density at radius 2 is 1.59 bits per heavy atom. The molecule has 3 atom stereocenters. The molecular formula is C19H28N2O8. The van der Waals surface area contributed by atoms with Crippen molar-refractivity contribution in [2.45, 2.75) is 71.2 Å². The van der Waals surface area contributed by atoms with E-state index < -0.39 is 29.6 Å². The fraction of sp³-hybridized carbons (Fsp3) is 0.737. The zero-order valence-corrected chi connectivity index (χ0v) is 17.8. The van der Waals surface area contributed by atoms with Crippen LogP contribution in [0.4, 0.5) is 9.59 Å². The van der Waals surface area contributed by atoms with Crippen LogP contribution < -0.4 is 0 Å². The van der Waals surface area contributed by atoms with Gasteiger partial charge in [0.15, 0.2) is 5.76 Å². The molecule has 1 amide bonds. The number of hydrogen-bond donors (Lipinski definition) is 0. The molecule has 2 fully saturated rings. The summed E-state index contributed by atoms with van der Waals surface area (Å²) >= 11 is 0. The predicted molar refractivity (Wildman–Crippen MR) is 97.9 cm³/mol. The van der Waals surface area contributed by atoms with Gasteiger partial charge in [0.25, 0.3) is 5.91 Å². The zero-order valence-electron chi connectivity index (χ0n) is 17.8. The number of carbonyl (C=O) groups excluding carboxylic acids is 3. The number of carbonyl (C=O) groups is 3. The highest BCUT2D eigenvalue weighted by Crippen LogP contribution is 2.49. The molecule has 0 saturated carbocycles. The molecule has 10 heteroatoms. The van der Waals surface area contributed by atoms with Gasteiger partial charge in [-0.1, -0.05) is 0 Å². The summed E-state index contributed by atoms with van der Waals surface area (Å²) in [5, 5.41) is 1.33. The Hall–Kier alpha value is -2.49. The molecule has 162 valence electrons. The summed E-state index contributed by atoms with van der Waals surface area (Å²) in [6, 6.07) is -1.04. The summed E-state index contributed by atoms with van der Waals surface area (Å²) in [5.41, 5.74) is -1.45. The topological polar surface area (TPSA) is 104 Å². The van der Waals surface area contributed by atoms with Gasteiger partial charge in [0.2, 0.25) is 5.88 Å². The minimum absolute atomic E-state index is 0.0390. The van der Waals surface area contributed by atoms with Crippen molar-refractivity contribution in [2.24, 2.45) is 5.92 Å². The van der Waals surface area contributed by atoms with E-state index in [1.54, 1.807) is 41.5 Å². The van der Waals surface area contributed by atoms with Crippen molar-refractivity contribution in [3.63, 3.8) is 0 Å². The Labute approximate surface area is 169 Å².